The molecule has 4 nitrogen and oxygen atoms in total. The minimum absolute atomic E-state index is 0.750. The predicted molar refractivity (Wildman–Crippen MR) is 132 cm³/mol. The maximum absolute atomic E-state index is 5.06. The van der Waals surface area contributed by atoms with E-state index in [1.54, 1.807) is 0 Å². The third-order valence-corrected chi connectivity index (χ3v) is 6.67. The first-order valence-corrected chi connectivity index (χ1v) is 12.0. The molecule has 4 heteroatoms. The van der Waals surface area contributed by atoms with Crippen molar-refractivity contribution in [1.29, 1.82) is 0 Å². The molecule has 164 valence electrons. The largest absolute Gasteiger partial charge is 0.356 e. The van der Waals surface area contributed by atoms with E-state index in [0.717, 1.165) is 48.8 Å². The molecule has 0 unspecified atom stereocenters. The number of hydrogen-bond acceptors (Lipinski definition) is 3. The Morgan fingerprint density at radius 2 is 1.62 bits per heavy atom. The Balaban J connectivity index is 1.46. The topological polar surface area (TPSA) is 33.4 Å². The van der Waals surface area contributed by atoms with Gasteiger partial charge in [-0.05, 0) is 49.7 Å². The molecule has 4 aromatic rings. The van der Waals surface area contributed by atoms with E-state index in [1.807, 2.05) is 0 Å². The number of hydrogen-bond donors (Lipinski definition) is 0. The zero-order chi connectivity index (χ0) is 21.9. The Labute approximate surface area is 190 Å². The molecule has 1 saturated heterocycles. The fourth-order valence-electron chi connectivity index (χ4n) is 5.02. The van der Waals surface area contributed by atoms with E-state index in [2.05, 4.69) is 90.0 Å². The van der Waals surface area contributed by atoms with Crippen molar-refractivity contribution in [2.24, 2.45) is 5.92 Å². The van der Waals surface area contributed by atoms with Crippen LogP contribution in [-0.2, 0) is 12.8 Å². The first-order valence-electron chi connectivity index (χ1n) is 12.0. The summed E-state index contributed by atoms with van der Waals surface area (Å²) in [5.41, 5.74) is 6.99. The van der Waals surface area contributed by atoms with E-state index < -0.39 is 0 Å². The van der Waals surface area contributed by atoms with Gasteiger partial charge in [0.2, 0.25) is 0 Å². The first kappa shape index (κ1) is 20.7. The SMILES string of the molecule is CCCc1cc(N2CCC(Cc3ccccc3)CC2)n2nc(C)c(-c3ccccc3)c2n1. The van der Waals surface area contributed by atoms with Crippen molar-refractivity contribution >= 4 is 11.5 Å². The van der Waals surface area contributed by atoms with Crippen LogP contribution in [0, 0.1) is 12.8 Å². The highest BCUT2D eigenvalue weighted by atomic mass is 15.4. The molecule has 0 saturated carbocycles. The lowest BCUT2D eigenvalue weighted by Crippen LogP contribution is -2.35. The van der Waals surface area contributed by atoms with Gasteiger partial charge < -0.3 is 4.90 Å². The van der Waals surface area contributed by atoms with E-state index in [-0.39, 0.29) is 0 Å². The molecule has 0 amide bonds. The van der Waals surface area contributed by atoms with Crippen molar-refractivity contribution in [1.82, 2.24) is 14.6 Å². The number of aryl methyl sites for hydroxylation is 2. The smallest absolute Gasteiger partial charge is 0.165 e. The third-order valence-electron chi connectivity index (χ3n) is 6.67. The molecule has 1 aliphatic rings. The summed E-state index contributed by atoms with van der Waals surface area (Å²) in [7, 11) is 0. The van der Waals surface area contributed by atoms with Crippen molar-refractivity contribution < 1.29 is 0 Å². The van der Waals surface area contributed by atoms with Gasteiger partial charge in [-0.25, -0.2) is 4.98 Å². The quantitative estimate of drug-likeness (QED) is 0.374. The van der Waals surface area contributed by atoms with Crippen LogP contribution >= 0.6 is 0 Å². The molecule has 0 atom stereocenters. The summed E-state index contributed by atoms with van der Waals surface area (Å²) in [6.45, 7) is 6.47. The lowest BCUT2D eigenvalue weighted by molar-refractivity contribution is 0.401. The zero-order valence-corrected chi connectivity index (χ0v) is 19.2. The summed E-state index contributed by atoms with van der Waals surface area (Å²) in [6.07, 6.45) is 5.70. The summed E-state index contributed by atoms with van der Waals surface area (Å²) < 4.78 is 2.09. The highest BCUT2D eigenvalue weighted by Crippen LogP contribution is 2.32. The molecule has 32 heavy (non-hydrogen) atoms. The summed E-state index contributed by atoms with van der Waals surface area (Å²) >= 11 is 0. The number of anilines is 1. The maximum Gasteiger partial charge on any atom is 0.165 e. The fraction of sp³-hybridized carbons (Fsp3) is 0.357. The van der Waals surface area contributed by atoms with Gasteiger partial charge in [-0.15, -0.1) is 0 Å². The summed E-state index contributed by atoms with van der Waals surface area (Å²) in [5.74, 6) is 1.95. The lowest BCUT2D eigenvalue weighted by atomic mass is 9.90. The van der Waals surface area contributed by atoms with Gasteiger partial charge in [0.05, 0.1) is 5.69 Å². The van der Waals surface area contributed by atoms with Crippen LogP contribution in [0.25, 0.3) is 16.8 Å². The van der Waals surface area contributed by atoms with E-state index in [1.165, 1.54) is 41.9 Å². The van der Waals surface area contributed by atoms with Crippen LogP contribution in [0.15, 0.2) is 66.7 Å². The highest BCUT2D eigenvalue weighted by molar-refractivity contribution is 5.81. The van der Waals surface area contributed by atoms with E-state index in [4.69, 9.17) is 10.1 Å². The van der Waals surface area contributed by atoms with Crippen molar-refractivity contribution in [3.63, 3.8) is 0 Å². The number of rotatable bonds is 6. The second-order valence-electron chi connectivity index (χ2n) is 9.04. The number of benzene rings is 2. The molecule has 3 heterocycles. The van der Waals surface area contributed by atoms with E-state index >= 15 is 0 Å². The van der Waals surface area contributed by atoms with Crippen molar-refractivity contribution in [3.8, 4) is 11.1 Å². The lowest BCUT2D eigenvalue weighted by Gasteiger charge is -2.33. The van der Waals surface area contributed by atoms with E-state index in [9.17, 15) is 0 Å². The summed E-state index contributed by atoms with van der Waals surface area (Å²) in [6, 6.07) is 23.8. The Morgan fingerprint density at radius 3 is 2.31 bits per heavy atom. The average Bonchev–Trinajstić information content (AvgIpc) is 3.16. The minimum atomic E-state index is 0.750. The molecule has 0 bridgehead atoms. The van der Waals surface area contributed by atoms with Gasteiger partial charge in [0.25, 0.3) is 0 Å². The molecule has 0 radical (unpaired) electrons. The summed E-state index contributed by atoms with van der Waals surface area (Å²) in [4.78, 5) is 7.59. The van der Waals surface area contributed by atoms with Crippen molar-refractivity contribution in [2.45, 2.75) is 46.0 Å². The highest BCUT2D eigenvalue weighted by Gasteiger charge is 2.24. The van der Waals surface area contributed by atoms with E-state index in [0.29, 0.717) is 0 Å². The number of aromatic nitrogens is 3. The predicted octanol–water partition coefficient (Wildman–Crippen LogP) is 6.12. The number of piperidine rings is 1. The molecule has 0 spiro atoms. The van der Waals surface area contributed by atoms with Crippen molar-refractivity contribution in [3.05, 3.63) is 83.7 Å². The van der Waals surface area contributed by atoms with Gasteiger partial charge in [-0.3, -0.25) is 0 Å². The summed E-state index contributed by atoms with van der Waals surface area (Å²) in [5, 5.41) is 4.97. The van der Waals surface area contributed by atoms with Gasteiger partial charge in [0.1, 0.15) is 5.82 Å². The second kappa shape index (κ2) is 9.15. The standard InChI is InChI=1S/C28H32N4/c1-3-10-25-20-26(31-17-15-23(16-18-31)19-22-11-6-4-7-12-22)32-28(29-25)27(21(2)30-32)24-13-8-5-9-14-24/h4-9,11-14,20,23H,3,10,15-19H2,1-2H3. The Kier molecular flexibility index (Phi) is 5.93. The molecule has 2 aromatic heterocycles. The molecule has 0 aliphatic carbocycles. The van der Waals surface area contributed by atoms with Crippen LogP contribution in [0.3, 0.4) is 0 Å². The molecule has 0 N–H and O–H groups in total. The molecule has 1 fully saturated rings. The van der Waals surface area contributed by atoms with Gasteiger partial charge in [-0.2, -0.15) is 9.61 Å². The molecular weight excluding hydrogens is 392 g/mol. The zero-order valence-electron chi connectivity index (χ0n) is 19.2. The van der Waals surface area contributed by atoms with Gasteiger partial charge >= 0.3 is 0 Å². The fourth-order valence-corrected chi connectivity index (χ4v) is 5.02. The Bertz CT molecular complexity index is 1170. The van der Waals surface area contributed by atoms with Crippen LogP contribution in [0.1, 0.15) is 43.1 Å². The molecule has 2 aromatic carbocycles. The Hall–Kier alpha value is -3.14. The second-order valence-corrected chi connectivity index (χ2v) is 9.04. The third kappa shape index (κ3) is 4.14. The number of nitrogens with zero attached hydrogens (tertiary/aromatic N) is 4. The van der Waals surface area contributed by atoms with Crippen molar-refractivity contribution in [2.75, 3.05) is 18.0 Å². The van der Waals surface area contributed by atoms with Crippen LogP contribution in [-0.4, -0.2) is 27.7 Å². The van der Waals surface area contributed by atoms with Crippen LogP contribution in [0.4, 0.5) is 5.82 Å². The van der Waals surface area contributed by atoms with Crippen LogP contribution < -0.4 is 4.90 Å². The van der Waals surface area contributed by atoms with Crippen LogP contribution in [0.5, 0.6) is 0 Å². The van der Waals surface area contributed by atoms with Gasteiger partial charge in [-0.1, -0.05) is 74.0 Å². The maximum atomic E-state index is 5.06. The van der Waals surface area contributed by atoms with Gasteiger partial charge in [0.15, 0.2) is 5.65 Å². The molecule has 1 aliphatic heterocycles. The van der Waals surface area contributed by atoms with Gasteiger partial charge in [0, 0.05) is 30.4 Å². The normalized spacial score (nSPS) is 14.9. The Morgan fingerprint density at radius 1 is 0.938 bits per heavy atom. The molecule has 5 rings (SSSR count). The average molecular weight is 425 g/mol. The first-order chi connectivity index (χ1) is 15.7. The van der Waals surface area contributed by atoms with Crippen LogP contribution in [0.2, 0.25) is 0 Å². The monoisotopic (exact) mass is 424 g/mol. The minimum Gasteiger partial charge on any atom is -0.356 e. The molecular formula is C28H32N4. The number of fused-ring (bicyclic) bond motifs is 1.